The minimum Gasteiger partial charge on any atom is -0.492 e. The van der Waals surface area contributed by atoms with Crippen LogP contribution in [0.25, 0.3) is 0 Å². The number of hydrogen-bond acceptors (Lipinski definition) is 4. The SMILES string of the molecule is CN(C)[C@H](CNC(=O)NCCOc1ccccc1)c1ccco1. The minimum atomic E-state index is -0.222. The molecule has 0 saturated heterocycles. The summed E-state index contributed by atoms with van der Waals surface area (Å²) in [6.45, 7) is 1.33. The molecule has 1 atom stereocenters. The van der Waals surface area contributed by atoms with Gasteiger partial charge in [0.1, 0.15) is 18.1 Å². The van der Waals surface area contributed by atoms with Crippen molar-refractivity contribution in [3.05, 3.63) is 54.5 Å². The molecule has 2 N–H and O–H groups in total. The van der Waals surface area contributed by atoms with Gasteiger partial charge in [0.2, 0.25) is 0 Å². The predicted molar refractivity (Wildman–Crippen MR) is 88.5 cm³/mol. The maximum Gasteiger partial charge on any atom is 0.314 e. The van der Waals surface area contributed by atoms with Crippen LogP contribution < -0.4 is 15.4 Å². The quantitative estimate of drug-likeness (QED) is 0.733. The molecule has 1 aromatic carbocycles. The van der Waals surface area contributed by atoms with Crippen molar-refractivity contribution in [2.45, 2.75) is 6.04 Å². The number of nitrogens with zero attached hydrogens (tertiary/aromatic N) is 1. The summed E-state index contributed by atoms with van der Waals surface area (Å²) in [4.78, 5) is 13.8. The minimum absolute atomic E-state index is 0.00341. The molecule has 0 radical (unpaired) electrons. The second-order valence-electron chi connectivity index (χ2n) is 5.29. The molecule has 1 heterocycles. The van der Waals surface area contributed by atoms with E-state index in [-0.39, 0.29) is 12.1 Å². The standard InChI is InChI=1S/C17H23N3O3/c1-20(2)15(16-9-6-11-23-16)13-19-17(21)18-10-12-22-14-7-4-3-5-8-14/h3-9,11,15H,10,12-13H2,1-2H3,(H2,18,19,21)/t15-/m1/s1. The van der Waals surface area contributed by atoms with Crippen LogP contribution in [-0.2, 0) is 0 Å². The Bertz CT molecular complexity index is 570. The monoisotopic (exact) mass is 317 g/mol. The van der Waals surface area contributed by atoms with Crippen molar-refractivity contribution in [2.24, 2.45) is 0 Å². The summed E-state index contributed by atoms with van der Waals surface area (Å²) in [5, 5.41) is 5.61. The van der Waals surface area contributed by atoms with Crippen molar-refractivity contribution >= 4 is 6.03 Å². The van der Waals surface area contributed by atoms with E-state index in [1.165, 1.54) is 0 Å². The third kappa shape index (κ3) is 5.67. The van der Waals surface area contributed by atoms with Crippen LogP contribution in [0.3, 0.4) is 0 Å². The van der Waals surface area contributed by atoms with E-state index in [1.807, 2.05) is 61.5 Å². The Morgan fingerprint density at radius 3 is 2.61 bits per heavy atom. The molecule has 0 bridgehead atoms. The summed E-state index contributed by atoms with van der Waals surface area (Å²) in [5.41, 5.74) is 0. The highest BCUT2D eigenvalue weighted by Gasteiger charge is 2.17. The Morgan fingerprint density at radius 2 is 1.96 bits per heavy atom. The Kier molecular flexibility index (Phi) is 6.50. The first-order valence-corrected chi connectivity index (χ1v) is 7.56. The van der Waals surface area contributed by atoms with Crippen LogP contribution in [0, 0.1) is 0 Å². The predicted octanol–water partition coefficient (Wildman–Crippen LogP) is 2.26. The van der Waals surface area contributed by atoms with Gasteiger partial charge in [0, 0.05) is 6.54 Å². The van der Waals surface area contributed by atoms with Gasteiger partial charge in [-0.05, 0) is 38.4 Å². The second-order valence-corrected chi connectivity index (χ2v) is 5.29. The number of amides is 2. The van der Waals surface area contributed by atoms with Gasteiger partial charge in [-0.15, -0.1) is 0 Å². The average molecular weight is 317 g/mol. The number of carbonyl (C=O) groups excluding carboxylic acids is 1. The first kappa shape index (κ1) is 16.9. The van der Waals surface area contributed by atoms with Gasteiger partial charge in [0.15, 0.2) is 0 Å². The molecule has 0 fully saturated rings. The second kappa shape index (κ2) is 8.85. The van der Waals surface area contributed by atoms with Crippen molar-refractivity contribution in [1.29, 1.82) is 0 Å². The molecule has 2 amide bonds. The van der Waals surface area contributed by atoms with Crippen molar-refractivity contribution in [3.63, 3.8) is 0 Å². The first-order valence-electron chi connectivity index (χ1n) is 7.56. The van der Waals surface area contributed by atoms with Crippen LogP contribution in [0.15, 0.2) is 53.1 Å². The summed E-state index contributed by atoms with van der Waals surface area (Å²) < 4.78 is 10.9. The molecule has 6 nitrogen and oxygen atoms in total. The molecule has 0 unspecified atom stereocenters. The molecular weight excluding hydrogens is 294 g/mol. The number of urea groups is 1. The normalized spacial score (nSPS) is 12.0. The van der Waals surface area contributed by atoms with Crippen LogP contribution in [0.2, 0.25) is 0 Å². The number of hydrogen-bond donors (Lipinski definition) is 2. The van der Waals surface area contributed by atoms with E-state index in [0.717, 1.165) is 11.5 Å². The first-order chi connectivity index (χ1) is 11.2. The molecule has 23 heavy (non-hydrogen) atoms. The molecule has 6 heteroatoms. The summed E-state index contributed by atoms with van der Waals surface area (Å²) in [6.07, 6.45) is 1.63. The van der Waals surface area contributed by atoms with Crippen molar-refractivity contribution in [3.8, 4) is 5.75 Å². The molecule has 2 rings (SSSR count). The van der Waals surface area contributed by atoms with Crippen LogP contribution in [0.4, 0.5) is 4.79 Å². The molecule has 0 spiro atoms. The highest BCUT2D eigenvalue weighted by atomic mass is 16.5. The zero-order chi connectivity index (χ0) is 16.5. The number of benzene rings is 1. The van der Waals surface area contributed by atoms with E-state index >= 15 is 0 Å². The molecule has 2 aromatic rings. The van der Waals surface area contributed by atoms with Crippen molar-refractivity contribution < 1.29 is 13.9 Å². The fourth-order valence-corrected chi connectivity index (χ4v) is 2.12. The lowest BCUT2D eigenvalue weighted by Crippen LogP contribution is -2.41. The zero-order valence-electron chi connectivity index (χ0n) is 13.5. The third-order valence-corrected chi connectivity index (χ3v) is 3.35. The van der Waals surface area contributed by atoms with Crippen molar-refractivity contribution in [2.75, 3.05) is 33.8 Å². The molecule has 0 aliphatic carbocycles. The third-order valence-electron chi connectivity index (χ3n) is 3.35. The summed E-state index contributed by atoms with van der Waals surface area (Å²) in [6, 6.07) is 13.0. The number of nitrogens with one attached hydrogen (secondary N) is 2. The van der Waals surface area contributed by atoms with Crippen LogP contribution in [0.5, 0.6) is 5.75 Å². The van der Waals surface area contributed by atoms with Crippen molar-refractivity contribution in [1.82, 2.24) is 15.5 Å². The van der Waals surface area contributed by atoms with Gasteiger partial charge < -0.3 is 19.8 Å². The van der Waals surface area contributed by atoms with E-state index < -0.39 is 0 Å². The number of rotatable bonds is 8. The molecule has 0 aliphatic rings. The zero-order valence-corrected chi connectivity index (χ0v) is 13.5. The average Bonchev–Trinajstić information content (AvgIpc) is 3.06. The fraction of sp³-hybridized carbons (Fsp3) is 0.353. The van der Waals surface area contributed by atoms with Gasteiger partial charge in [-0.1, -0.05) is 18.2 Å². The van der Waals surface area contributed by atoms with E-state index in [1.54, 1.807) is 6.26 Å². The van der Waals surface area contributed by atoms with Gasteiger partial charge in [0.25, 0.3) is 0 Å². The summed E-state index contributed by atoms with van der Waals surface area (Å²) in [7, 11) is 3.89. The Hall–Kier alpha value is -2.47. The number of furan rings is 1. The molecular formula is C17H23N3O3. The highest BCUT2D eigenvalue weighted by molar-refractivity contribution is 5.73. The van der Waals surface area contributed by atoms with E-state index in [2.05, 4.69) is 10.6 Å². The molecule has 1 aromatic heterocycles. The number of carbonyl (C=O) groups is 1. The Morgan fingerprint density at radius 1 is 1.17 bits per heavy atom. The number of para-hydroxylation sites is 1. The summed E-state index contributed by atoms with van der Waals surface area (Å²) in [5.74, 6) is 1.61. The van der Waals surface area contributed by atoms with Crippen LogP contribution >= 0.6 is 0 Å². The van der Waals surface area contributed by atoms with Gasteiger partial charge in [-0.25, -0.2) is 4.79 Å². The Labute approximate surface area is 136 Å². The molecule has 0 aliphatic heterocycles. The van der Waals surface area contributed by atoms with Gasteiger partial charge >= 0.3 is 6.03 Å². The lowest BCUT2D eigenvalue weighted by atomic mass is 10.2. The van der Waals surface area contributed by atoms with Crippen LogP contribution in [-0.4, -0.2) is 44.7 Å². The number of likely N-dealkylation sites (N-methyl/N-ethyl adjacent to an activating group) is 1. The maximum absolute atomic E-state index is 11.8. The number of ether oxygens (including phenoxy) is 1. The highest BCUT2D eigenvalue weighted by Crippen LogP contribution is 2.17. The lowest BCUT2D eigenvalue weighted by molar-refractivity contribution is 0.222. The van der Waals surface area contributed by atoms with E-state index in [4.69, 9.17) is 9.15 Å². The van der Waals surface area contributed by atoms with Gasteiger partial charge in [-0.3, -0.25) is 4.90 Å². The van der Waals surface area contributed by atoms with E-state index in [9.17, 15) is 4.79 Å². The van der Waals surface area contributed by atoms with E-state index in [0.29, 0.717) is 19.7 Å². The fourth-order valence-electron chi connectivity index (χ4n) is 2.12. The largest absolute Gasteiger partial charge is 0.492 e. The molecule has 0 saturated carbocycles. The van der Waals surface area contributed by atoms with Gasteiger partial charge in [-0.2, -0.15) is 0 Å². The Balaban J connectivity index is 1.66. The maximum atomic E-state index is 11.8. The van der Waals surface area contributed by atoms with Gasteiger partial charge in [0.05, 0.1) is 18.8 Å². The van der Waals surface area contributed by atoms with Crippen LogP contribution in [0.1, 0.15) is 11.8 Å². The smallest absolute Gasteiger partial charge is 0.314 e. The lowest BCUT2D eigenvalue weighted by Gasteiger charge is -2.22. The molecule has 124 valence electrons. The topological polar surface area (TPSA) is 66.7 Å². The summed E-state index contributed by atoms with van der Waals surface area (Å²) >= 11 is 0.